The Balaban J connectivity index is 1.46. The van der Waals surface area contributed by atoms with E-state index in [2.05, 4.69) is 25.6 Å². The Morgan fingerprint density at radius 1 is 1.44 bits per heavy atom. The predicted octanol–water partition coefficient (Wildman–Crippen LogP) is 1.87. The molecule has 1 saturated heterocycles. The van der Waals surface area contributed by atoms with Crippen LogP contribution in [0.15, 0.2) is 10.4 Å². The van der Waals surface area contributed by atoms with Crippen molar-refractivity contribution in [1.29, 1.82) is 0 Å². The second-order valence-corrected chi connectivity index (χ2v) is 8.53. The number of thiazole rings is 1. The molecule has 8 heteroatoms. The number of ether oxygens (including phenoxy) is 1. The lowest BCUT2D eigenvalue weighted by atomic mass is 10.2. The zero-order valence-electron chi connectivity index (χ0n) is 15.4. The maximum atomic E-state index is 12.2. The third-order valence-electron chi connectivity index (χ3n) is 4.19. The van der Waals surface area contributed by atoms with Crippen LogP contribution in [0, 0.1) is 6.92 Å². The van der Waals surface area contributed by atoms with Gasteiger partial charge in [-0.1, -0.05) is 0 Å². The molecular weight excluding hydrogens is 338 g/mol. The zero-order chi connectivity index (χ0) is 18.0. The van der Waals surface area contributed by atoms with Gasteiger partial charge in [0.25, 0.3) is 0 Å². The van der Waals surface area contributed by atoms with Crippen molar-refractivity contribution in [3.63, 3.8) is 0 Å². The monoisotopic (exact) mass is 365 g/mol. The molecule has 1 aromatic heterocycles. The summed E-state index contributed by atoms with van der Waals surface area (Å²) in [6.45, 7) is 11.4. The van der Waals surface area contributed by atoms with Crippen LogP contribution in [-0.2, 0) is 11.2 Å². The van der Waals surface area contributed by atoms with Gasteiger partial charge in [0.2, 0.25) is 0 Å². The summed E-state index contributed by atoms with van der Waals surface area (Å²) in [5.41, 5.74) is 0.668. The Bertz CT molecular complexity index is 652. The standard InChI is InChI=1S/C17H27N5O2S/c1-12-20-13(11-25-12)5-6-18-15-19-9-14-10-21(7-8-22(14)15)16(23)24-17(2,3)4/h11,14H,5-10H2,1-4H3,(H,18,19). The maximum Gasteiger partial charge on any atom is 0.410 e. The van der Waals surface area contributed by atoms with Gasteiger partial charge >= 0.3 is 6.09 Å². The largest absolute Gasteiger partial charge is 0.444 e. The van der Waals surface area contributed by atoms with Gasteiger partial charge < -0.3 is 19.9 Å². The van der Waals surface area contributed by atoms with Crippen molar-refractivity contribution in [2.24, 2.45) is 4.99 Å². The third kappa shape index (κ3) is 4.62. The highest BCUT2D eigenvalue weighted by molar-refractivity contribution is 7.09. The van der Waals surface area contributed by atoms with Crippen molar-refractivity contribution in [1.82, 2.24) is 20.1 Å². The van der Waals surface area contributed by atoms with Gasteiger partial charge in [-0.2, -0.15) is 0 Å². The molecule has 3 rings (SSSR count). The van der Waals surface area contributed by atoms with Crippen molar-refractivity contribution >= 4 is 23.4 Å². The van der Waals surface area contributed by atoms with Gasteiger partial charge in [-0.05, 0) is 27.7 Å². The molecule has 1 fully saturated rings. The molecule has 2 aliphatic heterocycles. The van der Waals surface area contributed by atoms with Gasteiger partial charge in [0.1, 0.15) is 5.60 Å². The molecule has 1 atom stereocenters. The lowest BCUT2D eigenvalue weighted by Gasteiger charge is -2.39. The topological polar surface area (TPSA) is 70.1 Å². The quantitative estimate of drug-likeness (QED) is 0.886. The molecule has 1 unspecified atom stereocenters. The van der Waals surface area contributed by atoms with Crippen LogP contribution >= 0.6 is 11.3 Å². The molecule has 1 aromatic rings. The number of aliphatic imine (C=N–C) groups is 1. The molecule has 0 aliphatic carbocycles. The highest BCUT2D eigenvalue weighted by atomic mass is 32.1. The second kappa shape index (κ2) is 7.19. The minimum atomic E-state index is -0.457. The predicted molar refractivity (Wildman–Crippen MR) is 99.2 cm³/mol. The summed E-state index contributed by atoms with van der Waals surface area (Å²) in [7, 11) is 0. The third-order valence-corrected chi connectivity index (χ3v) is 5.01. The summed E-state index contributed by atoms with van der Waals surface area (Å²) in [4.78, 5) is 25.4. The van der Waals surface area contributed by atoms with E-state index in [0.717, 1.165) is 42.7 Å². The molecule has 0 radical (unpaired) electrons. The fourth-order valence-corrected chi connectivity index (χ4v) is 3.70. The van der Waals surface area contributed by atoms with E-state index in [4.69, 9.17) is 4.74 Å². The average Bonchev–Trinajstić information content (AvgIpc) is 3.12. The smallest absolute Gasteiger partial charge is 0.410 e. The summed E-state index contributed by atoms with van der Waals surface area (Å²) in [6, 6.07) is 0.241. The van der Waals surface area contributed by atoms with Crippen LogP contribution < -0.4 is 5.32 Å². The SMILES string of the molecule is Cc1nc(CCNC2=NCC3CN(C(=O)OC(C)(C)C)CCN23)cs1. The Hall–Kier alpha value is -1.83. The normalized spacial score (nSPS) is 20.3. The van der Waals surface area contributed by atoms with Crippen LogP contribution in [-0.4, -0.2) is 71.2 Å². The van der Waals surface area contributed by atoms with E-state index in [9.17, 15) is 4.79 Å². The van der Waals surface area contributed by atoms with Crippen molar-refractivity contribution in [2.75, 3.05) is 32.7 Å². The fraction of sp³-hybridized carbons (Fsp3) is 0.706. The zero-order valence-corrected chi connectivity index (χ0v) is 16.2. The van der Waals surface area contributed by atoms with Gasteiger partial charge in [0.05, 0.1) is 23.3 Å². The van der Waals surface area contributed by atoms with Crippen LogP contribution in [0.25, 0.3) is 0 Å². The maximum absolute atomic E-state index is 12.2. The number of amides is 1. The lowest BCUT2D eigenvalue weighted by molar-refractivity contribution is 0.0137. The number of aryl methyl sites for hydroxylation is 1. The summed E-state index contributed by atoms with van der Waals surface area (Å²) < 4.78 is 5.48. The van der Waals surface area contributed by atoms with E-state index in [1.165, 1.54) is 0 Å². The molecule has 1 amide bonds. The highest BCUT2D eigenvalue weighted by Crippen LogP contribution is 2.18. The first-order chi connectivity index (χ1) is 11.8. The molecule has 25 heavy (non-hydrogen) atoms. The number of nitrogens with zero attached hydrogens (tertiary/aromatic N) is 4. The van der Waals surface area contributed by atoms with E-state index in [-0.39, 0.29) is 12.1 Å². The number of rotatable bonds is 3. The Morgan fingerprint density at radius 2 is 2.24 bits per heavy atom. The minimum absolute atomic E-state index is 0.229. The van der Waals surface area contributed by atoms with E-state index in [0.29, 0.717) is 13.1 Å². The molecule has 0 spiro atoms. The van der Waals surface area contributed by atoms with Crippen molar-refractivity contribution in [3.8, 4) is 0 Å². The first kappa shape index (κ1) is 18.0. The van der Waals surface area contributed by atoms with Gasteiger partial charge in [0, 0.05) is 38.0 Å². The Morgan fingerprint density at radius 3 is 2.92 bits per heavy atom. The number of hydrogen-bond acceptors (Lipinski definition) is 7. The van der Waals surface area contributed by atoms with Gasteiger partial charge in [-0.3, -0.25) is 4.99 Å². The van der Waals surface area contributed by atoms with Gasteiger partial charge in [0.15, 0.2) is 5.96 Å². The molecule has 1 N–H and O–H groups in total. The summed E-state index contributed by atoms with van der Waals surface area (Å²) in [5.74, 6) is 0.945. The number of aromatic nitrogens is 1. The molecule has 0 bridgehead atoms. The molecule has 2 aliphatic rings. The minimum Gasteiger partial charge on any atom is -0.444 e. The second-order valence-electron chi connectivity index (χ2n) is 7.47. The first-order valence-electron chi connectivity index (χ1n) is 8.76. The highest BCUT2D eigenvalue weighted by Gasteiger charge is 2.36. The number of carbonyl (C=O) groups excluding carboxylic acids is 1. The number of fused-ring (bicyclic) bond motifs is 1. The summed E-state index contributed by atoms with van der Waals surface area (Å²) in [5, 5.41) is 6.64. The number of nitrogens with one attached hydrogen (secondary N) is 1. The summed E-state index contributed by atoms with van der Waals surface area (Å²) >= 11 is 1.68. The van der Waals surface area contributed by atoms with E-state index in [1.54, 1.807) is 16.2 Å². The molecule has 0 aromatic carbocycles. The fourth-order valence-electron chi connectivity index (χ4n) is 3.05. The van der Waals surface area contributed by atoms with Gasteiger partial charge in [-0.15, -0.1) is 11.3 Å². The van der Waals surface area contributed by atoms with E-state index >= 15 is 0 Å². The van der Waals surface area contributed by atoms with Crippen LogP contribution in [0.4, 0.5) is 4.79 Å². The number of guanidine groups is 1. The Labute approximate surface area is 153 Å². The average molecular weight is 366 g/mol. The van der Waals surface area contributed by atoms with Crippen LogP contribution in [0.5, 0.6) is 0 Å². The van der Waals surface area contributed by atoms with E-state index < -0.39 is 5.60 Å². The van der Waals surface area contributed by atoms with Gasteiger partial charge in [-0.25, -0.2) is 9.78 Å². The summed E-state index contributed by atoms with van der Waals surface area (Å²) in [6.07, 6.45) is 0.666. The lowest BCUT2D eigenvalue weighted by Crippen LogP contribution is -2.57. The van der Waals surface area contributed by atoms with Crippen molar-refractivity contribution in [2.45, 2.75) is 45.8 Å². The number of carbonyl (C=O) groups is 1. The first-order valence-corrected chi connectivity index (χ1v) is 9.64. The number of piperazine rings is 1. The Kier molecular flexibility index (Phi) is 5.17. The van der Waals surface area contributed by atoms with Crippen molar-refractivity contribution < 1.29 is 9.53 Å². The van der Waals surface area contributed by atoms with Crippen molar-refractivity contribution in [3.05, 3.63) is 16.1 Å². The molecular formula is C17H27N5O2S. The molecule has 138 valence electrons. The van der Waals surface area contributed by atoms with Crippen LogP contribution in [0.2, 0.25) is 0 Å². The van der Waals surface area contributed by atoms with Crippen LogP contribution in [0.1, 0.15) is 31.5 Å². The molecule has 7 nitrogen and oxygen atoms in total. The molecule has 0 saturated carbocycles. The molecule has 3 heterocycles. The van der Waals surface area contributed by atoms with Crippen LogP contribution in [0.3, 0.4) is 0 Å². The number of hydrogen-bond donors (Lipinski definition) is 1. The van der Waals surface area contributed by atoms with E-state index in [1.807, 2.05) is 27.7 Å².